The van der Waals surface area contributed by atoms with E-state index in [0.717, 1.165) is 36.1 Å². The van der Waals surface area contributed by atoms with Gasteiger partial charge in [-0.25, -0.2) is 4.98 Å². The number of pyridine rings is 1. The van der Waals surface area contributed by atoms with Crippen molar-refractivity contribution in [1.82, 2.24) is 15.6 Å². The summed E-state index contributed by atoms with van der Waals surface area (Å²) in [6.45, 7) is 4.66. The van der Waals surface area contributed by atoms with Gasteiger partial charge in [-0.1, -0.05) is 55.5 Å². The average Bonchev–Trinajstić information content (AvgIpc) is 2.88. The number of benzene rings is 2. The Kier molecular flexibility index (Phi) is 10.6. The number of nitrogens with one attached hydrogen (secondary N) is 2. The van der Waals surface area contributed by atoms with Gasteiger partial charge in [-0.15, -0.1) is 0 Å². The fourth-order valence-electron chi connectivity index (χ4n) is 4.30. The maximum Gasteiger partial charge on any atom is 0.223 e. The summed E-state index contributed by atoms with van der Waals surface area (Å²) in [5.41, 5.74) is 9.62. The molecule has 3 rings (SSSR count). The number of phenolic OH excluding ortho intramolecular Hbond substituents is 1. The monoisotopic (exact) mass is 502 g/mol. The van der Waals surface area contributed by atoms with Crippen molar-refractivity contribution in [2.24, 2.45) is 5.92 Å². The van der Waals surface area contributed by atoms with Crippen molar-refractivity contribution in [2.75, 3.05) is 12.3 Å². The van der Waals surface area contributed by atoms with Crippen LogP contribution in [0.15, 0.2) is 66.7 Å². The molecule has 37 heavy (non-hydrogen) atoms. The Bertz CT molecular complexity index is 1170. The summed E-state index contributed by atoms with van der Waals surface area (Å²) in [4.78, 5) is 30.2. The number of anilines is 1. The minimum absolute atomic E-state index is 0.0428. The zero-order chi connectivity index (χ0) is 26.6. The second-order valence-corrected chi connectivity index (χ2v) is 9.57. The van der Waals surface area contributed by atoms with Crippen LogP contribution in [0.4, 0.5) is 5.82 Å². The maximum absolute atomic E-state index is 13.3. The Morgan fingerprint density at radius 3 is 2.49 bits per heavy atom. The van der Waals surface area contributed by atoms with E-state index in [9.17, 15) is 14.7 Å². The highest BCUT2D eigenvalue weighted by Gasteiger charge is 2.23. The number of nitrogens with two attached hydrogens (primary N) is 1. The lowest BCUT2D eigenvalue weighted by Crippen LogP contribution is -2.40. The molecular weight excluding hydrogens is 464 g/mol. The minimum atomic E-state index is -0.442. The summed E-state index contributed by atoms with van der Waals surface area (Å²) in [6.07, 6.45) is 3.26. The highest BCUT2D eigenvalue weighted by Crippen LogP contribution is 2.14. The number of carbonyl (C=O) groups is 2. The third-order valence-electron chi connectivity index (χ3n) is 6.52. The number of hydrogen-bond acceptors (Lipinski definition) is 6. The summed E-state index contributed by atoms with van der Waals surface area (Å²) in [6, 6.07) is 20.6. The molecule has 0 aliphatic rings. The average molecular weight is 503 g/mol. The number of rotatable bonds is 14. The van der Waals surface area contributed by atoms with E-state index < -0.39 is 5.92 Å². The van der Waals surface area contributed by atoms with Crippen LogP contribution in [0.5, 0.6) is 5.75 Å². The fourth-order valence-corrected chi connectivity index (χ4v) is 4.30. The number of nitrogen functional groups attached to an aromatic ring is 1. The lowest BCUT2D eigenvalue weighted by Gasteiger charge is -2.20. The van der Waals surface area contributed by atoms with Crippen LogP contribution in [0.25, 0.3) is 0 Å². The number of carbonyl (C=O) groups excluding carboxylic acids is 2. The number of Topliss-reactive ketones (excluding diaryl/α,β-unsaturated/α-hetero) is 1. The Hall–Kier alpha value is -3.71. The summed E-state index contributed by atoms with van der Waals surface area (Å²) in [7, 11) is 0. The van der Waals surface area contributed by atoms with E-state index in [0.29, 0.717) is 25.3 Å². The molecule has 0 fully saturated rings. The molecular formula is C30H38N4O3. The van der Waals surface area contributed by atoms with E-state index >= 15 is 0 Å². The van der Waals surface area contributed by atoms with E-state index in [4.69, 9.17) is 5.73 Å². The van der Waals surface area contributed by atoms with Gasteiger partial charge in [-0.05, 0) is 74.0 Å². The standard InChI is InChI=1S/C30H38N4O3/c1-21(30(37)33-20-25-14-16-29(31)34-22(25)2)18-28(36)27(15-13-23-8-4-3-5-9-23)32-17-7-11-24-10-6-12-26(35)19-24/h3-6,8-10,12,14,16,19,21,27,32,35H,7,11,13,15,17-18,20H2,1-2H3,(H2,31,34)(H,33,37)/t21-,27-/m1/s1. The van der Waals surface area contributed by atoms with Crippen molar-refractivity contribution < 1.29 is 14.7 Å². The molecule has 196 valence electrons. The SMILES string of the molecule is Cc1nc(N)ccc1CNC(=O)[C@H](C)CC(=O)[C@@H](CCc1ccccc1)NCCCc1cccc(O)c1. The molecule has 0 radical (unpaired) electrons. The first-order valence-corrected chi connectivity index (χ1v) is 12.9. The molecule has 2 atom stereocenters. The predicted molar refractivity (Wildman–Crippen MR) is 147 cm³/mol. The van der Waals surface area contributed by atoms with E-state index in [1.807, 2.05) is 43.3 Å². The molecule has 5 N–H and O–H groups in total. The van der Waals surface area contributed by atoms with Crippen LogP contribution in [-0.4, -0.2) is 34.4 Å². The van der Waals surface area contributed by atoms with Crippen LogP contribution < -0.4 is 16.4 Å². The van der Waals surface area contributed by atoms with Crippen molar-refractivity contribution in [3.63, 3.8) is 0 Å². The first kappa shape index (κ1) is 27.9. The van der Waals surface area contributed by atoms with Gasteiger partial charge in [0, 0.05) is 24.6 Å². The van der Waals surface area contributed by atoms with E-state index in [1.54, 1.807) is 25.1 Å². The molecule has 0 spiro atoms. The Labute approximate surface area is 219 Å². The van der Waals surface area contributed by atoms with Gasteiger partial charge >= 0.3 is 0 Å². The highest BCUT2D eigenvalue weighted by molar-refractivity contribution is 5.89. The molecule has 0 aliphatic carbocycles. The molecule has 0 saturated heterocycles. The molecule has 7 nitrogen and oxygen atoms in total. The van der Waals surface area contributed by atoms with Crippen molar-refractivity contribution in [2.45, 2.75) is 58.5 Å². The van der Waals surface area contributed by atoms with Gasteiger partial charge in [0.05, 0.1) is 6.04 Å². The third kappa shape index (κ3) is 9.35. The molecule has 7 heteroatoms. The molecule has 0 aliphatic heterocycles. The molecule has 0 bridgehead atoms. The predicted octanol–water partition coefficient (Wildman–Crippen LogP) is 4.11. The van der Waals surface area contributed by atoms with Gasteiger partial charge in [-0.3, -0.25) is 9.59 Å². The zero-order valence-corrected chi connectivity index (χ0v) is 21.7. The Morgan fingerprint density at radius 2 is 1.76 bits per heavy atom. The minimum Gasteiger partial charge on any atom is -0.508 e. The molecule has 0 saturated carbocycles. The molecule has 1 heterocycles. The van der Waals surface area contributed by atoms with Crippen LogP contribution in [0.1, 0.15) is 48.6 Å². The van der Waals surface area contributed by atoms with Crippen molar-refractivity contribution in [3.8, 4) is 5.75 Å². The Morgan fingerprint density at radius 1 is 1.00 bits per heavy atom. The summed E-state index contributed by atoms with van der Waals surface area (Å²) >= 11 is 0. The van der Waals surface area contributed by atoms with Crippen LogP contribution in [-0.2, 0) is 29.0 Å². The summed E-state index contributed by atoms with van der Waals surface area (Å²) in [5.74, 6) is 0.151. The van der Waals surface area contributed by atoms with Gasteiger partial charge in [0.15, 0.2) is 5.78 Å². The quantitative estimate of drug-likeness (QED) is 0.247. The van der Waals surface area contributed by atoms with Crippen molar-refractivity contribution in [3.05, 3.63) is 89.1 Å². The number of ketones is 1. The summed E-state index contributed by atoms with van der Waals surface area (Å²) < 4.78 is 0. The van der Waals surface area contributed by atoms with Crippen LogP contribution in [0, 0.1) is 12.8 Å². The van der Waals surface area contributed by atoms with Crippen LogP contribution in [0.3, 0.4) is 0 Å². The highest BCUT2D eigenvalue weighted by atomic mass is 16.3. The largest absolute Gasteiger partial charge is 0.508 e. The summed E-state index contributed by atoms with van der Waals surface area (Å²) in [5, 5.41) is 16.0. The molecule has 0 unspecified atom stereocenters. The topological polar surface area (TPSA) is 117 Å². The number of hydrogen-bond donors (Lipinski definition) is 4. The first-order valence-electron chi connectivity index (χ1n) is 12.9. The lowest BCUT2D eigenvalue weighted by molar-refractivity contribution is -0.129. The van der Waals surface area contributed by atoms with Gasteiger partial charge in [0.1, 0.15) is 11.6 Å². The van der Waals surface area contributed by atoms with Gasteiger partial charge in [0.2, 0.25) is 5.91 Å². The third-order valence-corrected chi connectivity index (χ3v) is 6.52. The lowest BCUT2D eigenvalue weighted by atomic mass is 9.95. The first-order chi connectivity index (χ1) is 17.8. The van der Waals surface area contributed by atoms with Gasteiger partial charge < -0.3 is 21.5 Å². The van der Waals surface area contributed by atoms with Crippen LogP contribution >= 0.6 is 0 Å². The number of amides is 1. The van der Waals surface area contributed by atoms with Crippen molar-refractivity contribution >= 4 is 17.5 Å². The van der Waals surface area contributed by atoms with Gasteiger partial charge in [-0.2, -0.15) is 0 Å². The second-order valence-electron chi connectivity index (χ2n) is 9.57. The number of aromatic nitrogens is 1. The van der Waals surface area contributed by atoms with E-state index in [1.165, 1.54) is 5.56 Å². The van der Waals surface area contributed by atoms with E-state index in [-0.39, 0.29) is 29.9 Å². The molecule has 1 aromatic heterocycles. The fraction of sp³-hybridized carbons (Fsp3) is 0.367. The number of nitrogens with zero attached hydrogens (tertiary/aromatic N) is 1. The van der Waals surface area contributed by atoms with Gasteiger partial charge in [0.25, 0.3) is 0 Å². The Balaban J connectivity index is 1.53. The maximum atomic E-state index is 13.3. The molecule has 1 amide bonds. The normalized spacial score (nSPS) is 12.6. The van der Waals surface area contributed by atoms with E-state index in [2.05, 4.69) is 27.8 Å². The molecule has 2 aromatic carbocycles. The second kappa shape index (κ2) is 14.1. The molecule has 3 aromatic rings. The number of aryl methyl sites for hydroxylation is 3. The van der Waals surface area contributed by atoms with Crippen LogP contribution in [0.2, 0.25) is 0 Å². The smallest absolute Gasteiger partial charge is 0.223 e. The zero-order valence-electron chi connectivity index (χ0n) is 21.7. The number of aromatic hydroxyl groups is 1. The van der Waals surface area contributed by atoms with Crippen molar-refractivity contribution in [1.29, 1.82) is 0 Å². The number of phenols is 1.